The molecule has 4 aromatic carbocycles. The predicted octanol–water partition coefficient (Wildman–Crippen LogP) is 8.54. The van der Waals surface area contributed by atoms with Crippen LogP contribution >= 0.6 is 0 Å². The largest absolute Gasteiger partial charge is 0.312 e. The van der Waals surface area contributed by atoms with E-state index in [-0.39, 0.29) is 6.04 Å². The topological polar surface area (TPSA) is 12.0 Å². The Labute approximate surface area is 229 Å². The molecule has 0 aliphatic carbocycles. The zero-order chi connectivity index (χ0) is 27.0. The number of terminal acetylenes is 1. The lowest BCUT2D eigenvalue weighted by Gasteiger charge is -2.36. The summed E-state index contributed by atoms with van der Waals surface area (Å²) >= 11 is 0. The van der Waals surface area contributed by atoms with E-state index in [1.807, 2.05) is 0 Å². The fraction of sp³-hybridized carbons (Fsp3) is 0.297. The highest BCUT2D eigenvalue weighted by Crippen LogP contribution is 2.41. The minimum atomic E-state index is -0.526. The monoisotopic (exact) mass is 497 g/mol. The summed E-state index contributed by atoms with van der Waals surface area (Å²) in [4.78, 5) is 0. The summed E-state index contributed by atoms with van der Waals surface area (Å²) in [5, 5.41) is 3.74. The number of aryl methyl sites for hydroxylation is 6. The molecular weight excluding hydrogens is 458 g/mol. The maximum atomic E-state index is 6.49. The quantitative estimate of drug-likeness (QED) is 0.272. The molecule has 1 N–H and O–H groups in total. The molecule has 0 amide bonds. The van der Waals surface area contributed by atoms with Crippen molar-refractivity contribution in [3.8, 4) is 34.6 Å². The van der Waals surface area contributed by atoms with Crippen LogP contribution in [0.3, 0.4) is 0 Å². The summed E-state index contributed by atoms with van der Waals surface area (Å²) in [7, 11) is 0. The average Bonchev–Trinajstić information content (AvgIpc) is 3.41. The van der Waals surface area contributed by atoms with Crippen LogP contribution in [0.1, 0.15) is 57.3 Å². The molecule has 1 atom stereocenters. The van der Waals surface area contributed by atoms with Gasteiger partial charge in [-0.1, -0.05) is 89.8 Å². The van der Waals surface area contributed by atoms with E-state index in [2.05, 4.69) is 126 Å². The first-order valence-electron chi connectivity index (χ1n) is 13.8. The Morgan fingerprint density at radius 1 is 0.658 bits per heavy atom. The number of nitrogens with one attached hydrogen (secondary N) is 1. The molecule has 0 unspecified atom stereocenters. The van der Waals surface area contributed by atoms with Crippen molar-refractivity contribution in [3.05, 3.63) is 117 Å². The van der Waals surface area contributed by atoms with Gasteiger partial charge in [-0.2, -0.15) is 0 Å². The van der Waals surface area contributed by atoms with Crippen molar-refractivity contribution in [1.82, 2.24) is 5.32 Å². The van der Waals surface area contributed by atoms with Gasteiger partial charge in [-0.15, -0.1) is 6.42 Å². The van der Waals surface area contributed by atoms with Crippen molar-refractivity contribution in [3.63, 3.8) is 0 Å². The predicted molar refractivity (Wildman–Crippen MR) is 163 cm³/mol. The van der Waals surface area contributed by atoms with Crippen molar-refractivity contribution in [2.75, 3.05) is 6.54 Å². The van der Waals surface area contributed by atoms with Crippen LogP contribution in [0.15, 0.2) is 72.8 Å². The minimum Gasteiger partial charge on any atom is -0.312 e. The fourth-order valence-electron chi connectivity index (χ4n) is 6.96. The van der Waals surface area contributed by atoms with Gasteiger partial charge in [0.2, 0.25) is 0 Å². The van der Waals surface area contributed by atoms with E-state index >= 15 is 0 Å². The maximum Gasteiger partial charge on any atom is 0.0961 e. The van der Waals surface area contributed by atoms with Gasteiger partial charge in [-0.25, -0.2) is 0 Å². The van der Waals surface area contributed by atoms with Crippen LogP contribution in [0.25, 0.3) is 22.3 Å². The Bertz CT molecular complexity index is 1360. The zero-order valence-corrected chi connectivity index (χ0v) is 23.7. The molecule has 1 fully saturated rings. The van der Waals surface area contributed by atoms with Gasteiger partial charge in [0.15, 0.2) is 0 Å². The molecule has 1 heteroatoms. The molecule has 0 aromatic heterocycles. The molecule has 0 radical (unpaired) electrons. The lowest BCUT2D eigenvalue weighted by atomic mass is 9.68. The van der Waals surface area contributed by atoms with Crippen LogP contribution in [0.2, 0.25) is 0 Å². The van der Waals surface area contributed by atoms with Gasteiger partial charge in [-0.3, -0.25) is 0 Å². The van der Waals surface area contributed by atoms with Gasteiger partial charge in [0.25, 0.3) is 0 Å². The Balaban J connectivity index is 1.59. The van der Waals surface area contributed by atoms with E-state index in [1.165, 1.54) is 66.8 Å². The molecule has 1 saturated heterocycles. The van der Waals surface area contributed by atoms with Gasteiger partial charge < -0.3 is 5.32 Å². The molecular formula is C37H39N. The van der Waals surface area contributed by atoms with Gasteiger partial charge in [-0.05, 0) is 117 Å². The lowest BCUT2D eigenvalue weighted by Crippen LogP contribution is -2.45. The van der Waals surface area contributed by atoms with E-state index in [1.54, 1.807) is 0 Å². The van der Waals surface area contributed by atoms with Crippen LogP contribution in [0, 0.1) is 53.9 Å². The summed E-state index contributed by atoms with van der Waals surface area (Å²) in [6.07, 6.45) is 8.71. The van der Waals surface area contributed by atoms with Crippen LogP contribution in [0.4, 0.5) is 0 Å². The highest BCUT2D eigenvalue weighted by atomic mass is 15.0. The van der Waals surface area contributed by atoms with Crippen LogP contribution in [-0.2, 0) is 5.41 Å². The fourth-order valence-corrected chi connectivity index (χ4v) is 6.96. The maximum absolute atomic E-state index is 6.49. The Kier molecular flexibility index (Phi) is 7.04. The van der Waals surface area contributed by atoms with Crippen molar-refractivity contribution in [2.45, 2.75) is 65.8 Å². The zero-order valence-electron chi connectivity index (χ0n) is 23.7. The second-order valence-electron chi connectivity index (χ2n) is 11.3. The van der Waals surface area contributed by atoms with Crippen LogP contribution in [-0.4, -0.2) is 12.6 Å². The molecule has 192 valence electrons. The summed E-state index contributed by atoms with van der Waals surface area (Å²) < 4.78 is 0. The van der Waals surface area contributed by atoms with E-state index in [0.717, 1.165) is 19.4 Å². The highest BCUT2D eigenvalue weighted by Gasteiger charge is 2.42. The van der Waals surface area contributed by atoms with Crippen molar-refractivity contribution in [1.29, 1.82) is 0 Å². The number of hydrogen-bond donors (Lipinski definition) is 1. The molecule has 0 bridgehead atoms. The van der Waals surface area contributed by atoms with Gasteiger partial charge in [0.1, 0.15) is 0 Å². The van der Waals surface area contributed by atoms with Gasteiger partial charge in [0, 0.05) is 6.04 Å². The summed E-state index contributed by atoms with van der Waals surface area (Å²) in [5.41, 5.74) is 14.8. The third kappa shape index (κ3) is 4.48. The second kappa shape index (κ2) is 10.3. The van der Waals surface area contributed by atoms with E-state index in [4.69, 9.17) is 6.42 Å². The van der Waals surface area contributed by atoms with E-state index in [0.29, 0.717) is 0 Å². The average molecular weight is 498 g/mol. The smallest absolute Gasteiger partial charge is 0.0961 e. The van der Waals surface area contributed by atoms with Gasteiger partial charge >= 0.3 is 0 Å². The van der Waals surface area contributed by atoms with Crippen LogP contribution in [0.5, 0.6) is 0 Å². The molecule has 0 saturated carbocycles. The first-order chi connectivity index (χ1) is 18.2. The molecule has 0 spiro atoms. The molecule has 1 aliphatic heterocycles. The SMILES string of the molecule is C#CC(c1ccc(-c2c(C)cc(C)cc2C)cc1)(c1ccc(-c2c(C)cc(C)cc2C)cc1)[C@@H]1CCCN1. The minimum absolute atomic E-state index is 0.204. The third-order valence-electron chi connectivity index (χ3n) is 8.42. The molecule has 4 aromatic rings. The molecule has 1 nitrogen and oxygen atoms in total. The van der Waals surface area contributed by atoms with Crippen molar-refractivity contribution in [2.24, 2.45) is 0 Å². The van der Waals surface area contributed by atoms with Crippen LogP contribution < -0.4 is 5.32 Å². The molecule has 1 aliphatic rings. The Hall–Kier alpha value is -3.60. The summed E-state index contributed by atoms with van der Waals surface area (Å²) in [6.45, 7) is 14.2. The summed E-state index contributed by atoms with van der Waals surface area (Å²) in [6, 6.07) is 27.3. The normalized spacial score (nSPS) is 15.4. The Morgan fingerprint density at radius 3 is 1.37 bits per heavy atom. The molecule has 5 rings (SSSR count). The first-order valence-corrected chi connectivity index (χ1v) is 13.8. The standard InChI is InChI=1S/C37H39N/c1-8-37(34-10-9-19-38-34,32-15-11-30(12-16-32)35-26(4)20-24(2)21-27(35)5)33-17-13-31(14-18-33)36-28(6)22-25(3)23-29(36)7/h1,11-18,20-23,34,38H,9-10,19H2,2-7H3/t34-/m0/s1. The Morgan fingerprint density at radius 2 is 1.05 bits per heavy atom. The van der Waals surface area contributed by atoms with Crippen molar-refractivity contribution < 1.29 is 0 Å². The number of hydrogen-bond acceptors (Lipinski definition) is 1. The van der Waals surface area contributed by atoms with E-state index < -0.39 is 5.41 Å². The van der Waals surface area contributed by atoms with Crippen molar-refractivity contribution >= 4 is 0 Å². The number of rotatable bonds is 5. The molecule has 1 heterocycles. The number of benzene rings is 4. The lowest BCUT2D eigenvalue weighted by molar-refractivity contribution is 0.462. The first kappa shape index (κ1) is 26.0. The van der Waals surface area contributed by atoms with Gasteiger partial charge in [0.05, 0.1) is 5.41 Å². The molecule has 38 heavy (non-hydrogen) atoms. The second-order valence-corrected chi connectivity index (χ2v) is 11.3. The summed E-state index contributed by atoms with van der Waals surface area (Å²) in [5.74, 6) is 3.31. The third-order valence-corrected chi connectivity index (χ3v) is 8.42. The van der Waals surface area contributed by atoms with E-state index in [9.17, 15) is 0 Å². The highest BCUT2D eigenvalue weighted by molar-refractivity contribution is 5.73.